The van der Waals surface area contributed by atoms with E-state index in [4.69, 9.17) is 10.5 Å². The number of hydrogen-bond donors (Lipinski definition) is 1. The molecular weight excluding hydrogens is 390 g/mol. The van der Waals surface area contributed by atoms with E-state index in [1.165, 1.54) is 66.3 Å². The molecule has 1 aliphatic rings. The van der Waals surface area contributed by atoms with Crippen LogP contribution in [0.4, 0.5) is 0 Å². The van der Waals surface area contributed by atoms with Crippen molar-refractivity contribution < 1.29 is 4.74 Å². The van der Waals surface area contributed by atoms with E-state index in [-0.39, 0.29) is 0 Å². The third-order valence-corrected chi connectivity index (χ3v) is 6.04. The molecule has 0 saturated heterocycles. The van der Waals surface area contributed by atoms with Crippen LogP contribution >= 0.6 is 0 Å². The van der Waals surface area contributed by atoms with Crippen molar-refractivity contribution in [1.82, 2.24) is 0 Å². The van der Waals surface area contributed by atoms with E-state index in [0.717, 1.165) is 24.6 Å². The van der Waals surface area contributed by atoms with Gasteiger partial charge in [-0.25, -0.2) is 0 Å². The number of hydrogen-bond acceptors (Lipinski definition) is 2. The fourth-order valence-corrected chi connectivity index (χ4v) is 4.31. The van der Waals surface area contributed by atoms with Gasteiger partial charge in [0.15, 0.2) is 0 Å². The molecule has 1 aliphatic carbocycles. The van der Waals surface area contributed by atoms with E-state index in [0.29, 0.717) is 6.61 Å². The molecule has 0 heterocycles. The molecule has 170 valence electrons. The first-order valence-electron chi connectivity index (χ1n) is 12.3. The van der Waals surface area contributed by atoms with Gasteiger partial charge >= 0.3 is 0 Å². The Balaban J connectivity index is 0.000000913. The monoisotopic (exact) mass is 429 g/mol. The van der Waals surface area contributed by atoms with E-state index in [2.05, 4.69) is 80.6 Å². The van der Waals surface area contributed by atoms with Crippen LogP contribution in [0.1, 0.15) is 62.6 Å². The van der Waals surface area contributed by atoms with Gasteiger partial charge < -0.3 is 10.5 Å². The van der Waals surface area contributed by atoms with Gasteiger partial charge in [0.1, 0.15) is 12.4 Å². The molecule has 2 heteroatoms. The molecule has 0 fully saturated rings. The number of benzene rings is 3. The highest BCUT2D eigenvalue weighted by molar-refractivity contribution is 5.63. The summed E-state index contributed by atoms with van der Waals surface area (Å²) in [6, 6.07) is 25.8. The first-order valence-corrected chi connectivity index (χ1v) is 12.3. The van der Waals surface area contributed by atoms with Gasteiger partial charge in [0, 0.05) is 0 Å². The third kappa shape index (κ3) is 7.24. The van der Waals surface area contributed by atoms with E-state index in [1.807, 2.05) is 6.07 Å². The molecule has 3 aromatic rings. The Morgan fingerprint density at radius 2 is 1.56 bits per heavy atom. The van der Waals surface area contributed by atoms with Crippen LogP contribution < -0.4 is 10.5 Å². The van der Waals surface area contributed by atoms with E-state index >= 15 is 0 Å². The minimum absolute atomic E-state index is 0.607. The van der Waals surface area contributed by atoms with Crippen molar-refractivity contribution in [3.8, 4) is 16.9 Å². The van der Waals surface area contributed by atoms with Gasteiger partial charge in [0.25, 0.3) is 0 Å². The average molecular weight is 430 g/mol. The van der Waals surface area contributed by atoms with Crippen LogP contribution in [0.2, 0.25) is 0 Å². The maximum absolute atomic E-state index is 6.10. The summed E-state index contributed by atoms with van der Waals surface area (Å²) >= 11 is 0. The van der Waals surface area contributed by atoms with Crippen LogP contribution in [0.5, 0.6) is 5.75 Å². The predicted octanol–water partition coefficient (Wildman–Crippen LogP) is 7.58. The smallest absolute Gasteiger partial charge is 0.120 e. The summed E-state index contributed by atoms with van der Waals surface area (Å²) in [5.41, 5.74) is 12.3. The second kappa shape index (κ2) is 13.1. The summed E-state index contributed by atoms with van der Waals surface area (Å²) in [6.45, 7) is 5.68. The van der Waals surface area contributed by atoms with Gasteiger partial charge in [-0.3, -0.25) is 0 Å². The van der Waals surface area contributed by atoms with Crippen LogP contribution in [-0.2, 0) is 19.4 Å². The van der Waals surface area contributed by atoms with E-state index in [1.54, 1.807) is 0 Å². The highest BCUT2D eigenvalue weighted by Crippen LogP contribution is 2.31. The lowest BCUT2D eigenvalue weighted by Gasteiger charge is -2.25. The summed E-state index contributed by atoms with van der Waals surface area (Å²) < 4.78 is 6.10. The number of rotatable bonds is 8. The van der Waals surface area contributed by atoms with Gasteiger partial charge in [-0.05, 0) is 78.1 Å². The minimum Gasteiger partial charge on any atom is -0.489 e. The Kier molecular flexibility index (Phi) is 9.84. The Hall–Kier alpha value is -2.58. The zero-order chi connectivity index (χ0) is 22.6. The van der Waals surface area contributed by atoms with Crippen molar-refractivity contribution in [2.45, 2.75) is 65.4 Å². The fraction of sp³-hybridized carbons (Fsp3) is 0.400. The van der Waals surface area contributed by atoms with Crippen molar-refractivity contribution in [2.24, 2.45) is 11.7 Å². The molecule has 0 radical (unpaired) electrons. The molecule has 3 aromatic carbocycles. The highest BCUT2D eigenvalue weighted by atomic mass is 16.5. The van der Waals surface area contributed by atoms with Gasteiger partial charge in [0.2, 0.25) is 0 Å². The molecule has 0 saturated carbocycles. The molecule has 0 bridgehead atoms. The van der Waals surface area contributed by atoms with Crippen LogP contribution in [0, 0.1) is 5.92 Å². The Labute approximate surface area is 194 Å². The second-order valence-electron chi connectivity index (χ2n) is 8.88. The summed E-state index contributed by atoms with van der Waals surface area (Å²) in [4.78, 5) is 0. The van der Waals surface area contributed by atoms with Crippen molar-refractivity contribution in [2.75, 3.05) is 6.54 Å². The minimum atomic E-state index is 0.607. The van der Waals surface area contributed by atoms with Crippen LogP contribution in [0.3, 0.4) is 0 Å². The number of ether oxygens (including phenoxy) is 1. The Morgan fingerprint density at radius 1 is 0.844 bits per heavy atom. The van der Waals surface area contributed by atoms with Gasteiger partial charge in [-0.1, -0.05) is 93.8 Å². The molecule has 0 spiro atoms. The lowest BCUT2D eigenvalue weighted by atomic mass is 9.81. The second-order valence-corrected chi connectivity index (χ2v) is 8.88. The fourth-order valence-electron chi connectivity index (χ4n) is 4.31. The molecule has 0 amide bonds. The van der Waals surface area contributed by atoms with Gasteiger partial charge in [-0.15, -0.1) is 0 Å². The normalized spacial score (nSPS) is 14.8. The average Bonchev–Trinajstić information content (AvgIpc) is 2.84. The molecule has 0 aromatic heterocycles. The maximum atomic E-state index is 6.10. The van der Waals surface area contributed by atoms with Crippen molar-refractivity contribution >= 4 is 0 Å². The first-order chi connectivity index (χ1) is 15.7. The highest BCUT2D eigenvalue weighted by Gasteiger charge is 2.18. The van der Waals surface area contributed by atoms with Gasteiger partial charge in [0.05, 0.1) is 0 Å². The molecule has 1 unspecified atom stereocenters. The number of fused-ring (bicyclic) bond motifs is 1. The lowest BCUT2D eigenvalue weighted by molar-refractivity contribution is 0.305. The number of aryl methyl sites for hydroxylation is 1. The molecule has 32 heavy (non-hydrogen) atoms. The molecule has 4 rings (SSSR count). The van der Waals surface area contributed by atoms with E-state index in [9.17, 15) is 0 Å². The van der Waals surface area contributed by atoms with Crippen LogP contribution in [0.25, 0.3) is 11.1 Å². The SMILES string of the molecule is CCC.NCCCCC1CCc2cc(OCc3ccc(-c4ccccc4)cc3)ccc2C1. The van der Waals surface area contributed by atoms with Crippen LogP contribution in [-0.4, -0.2) is 6.54 Å². The summed E-state index contributed by atoms with van der Waals surface area (Å²) in [6.07, 6.45) is 8.66. The topological polar surface area (TPSA) is 35.2 Å². The largest absolute Gasteiger partial charge is 0.489 e. The van der Waals surface area contributed by atoms with Crippen LogP contribution in [0.15, 0.2) is 72.8 Å². The number of nitrogens with two attached hydrogens (primary N) is 1. The zero-order valence-electron chi connectivity index (χ0n) is 19.9. The molecule has 2 nitrogen and oxygen atoms in total. The Bertz CT molecular complexity index is 917. The third-order valence-electron chi connectivity index (χ3n) is 6.04. The Morgan fingerprint density at radius 3 is 2.28 bits per heavy atom. The first kappa shape index (κ1) is 24.1. The molecule has 2 N–H and O–H groups in total. The zero-order valence-corrected chi connectivity index (χ0v) is 19.9. The summed E-state index contributed by atoms with van der Waals surface area (Å²) in [7, 11) is 0. The van der Waals surface area contributed by atoms with Crippen molar-refractivity contribution in [3.05, 3.63) is 89.5 Å². The molecular formula is C30H39NO. The maximum Gasteiger partial charge on any atom is 0.120 e. The van der Waals surface area contributed by atoms with Crippen molar-refractivity contribution in [3.63, 3.8) is 0 Å². The standard InChI is InChI=1S/C27H31NO.C3H8/c28-17-5-4-6-21-9-14-26-19-27(16-15-25(26)18-21)29-20-22-10-12-24(13-11-22)23-7-2-1-3-8-23;1-3-2/h1-3,7-8,10-13,15-16,19,21H,4-6,9,14,17-18,20,28H2;3H2,1-2H3. The predicted molar refractivity (Wildman–Crippen MR) is 137 cm³/mol. The quantitative estimate of drug-likeness (QED) is 0.374. The summed E-state index contributed by atoms with van der Waals surface area (Å²) in [5, 5.41) is 0. The van der Waals surface area contributed by atoms with Gasteiger partial charge in [-0.2, -0.15) is 0 Å². The molecule has 1 atom stereocenters. The van der Waals surface area contributed by atoms with E-state index < -0.39 is 0 Å². The number of unbranched alkanes of at least 4 members (excludes halogenated alkanes) is 1. The lowest BCUT2D eigenvalue weighted by Crippen LogP contribution is -2.15. The summed E-state index contributed by atoms with van der Waals surface area (Å²) in [5.74, 6) is 1.81. The van der Waals surface area contributed by atoms with Crippen molar-refractivity contribution in [1.29, 1.82) is 0 Å². The molecule has 0 aliphatic heterocycles.